The van der Waals surface area contributed by atoms with Crippen LogP contribution in [-0.2, 0) is 0 Å². The van der Waals surface area contributed by atoms with Gasteiger partial charge in [-0.25, -0.2) is 0 Å². The van der Waals surface area contributed by atoms with Crippen molar-refractivity contribution in [2.45, 2.75) is 64.3 Å². The van der Waals surface area contributed by atoms with Gasteiger partial charge in [0.2, 0.25) is 0 Å². The minimum atomic E-state index is 0.361. The molecule has 0 aromatic heterocycles. The second-order valence-electron chi connectivity index (χ2n) is 7.95. The van der Waals surface area contributed by atoms with Gasteiger partial charge in [-0.15, -0.1) is 0 Å². The Morgan fingerprint density at radius 3 is 2.06 bits per heavy atom. The molecule has 0 bridgehead atoms. The summed E-state index contributed by atoms with van der Waals surface area (Å²) in [5, 5.41) is 0. The van der Waals surface area contributed by atoms with E-state index in [0.29, 0.717) is 11.0 Å². The van der Waals surface area contributed by atoms with Gasteiger partial charge in [0.05, 0.1) is 0 Å². The first-order valence-electron chi connectivity index (χ1n) is 8.00. The standard InChI is InChI=1S/C16H30N2/c1-15(2)6-8-16(12-17,9-7-15)18-10-13-4-3-5-14(13)11-18/h13-14H,3-12,17H2,1-2H3. The van der Waals surface area contributed by atoms with Crippen LogP contribution in [0.4, 0.5) is 0 Å². The summed E-state index contributed by atoms with van der Waals surface area (Å²) < 4.78 is 0. The second kappa shape index (κ2) is 4.49. The Morgan fingerprint density at radius 1 is 1.00 bits per heavy atom. The summed E-state index contributed by atoms with van der Waals surface area (Å²) in [5.74, 6) is 2.01. The molecule has 0 aromatic rings. The summed E-state index contributed by atoms with van der Waals surface area (Å²) in [6.07, 6.45) is 9.81. The third-order valence-electron chi connectivity index (χ3n) is 6.31. The lowest BCUT2D eigenvalue weighted by atomic mass is 9.68. The van der Waals surface area contributed by atoms with E-state index in [1.807, 2.05) is 0 Å². The van der Waals surface area contributed by atoms with Crippen LogP contribution in [-0.4, -0.2) is 30.1 Å². The number of hydrogen-bond donors (Lipinski definition) is 1. The molecule has 3 aliphatic rings. The number of likely N-dealkylation sites (tertiary alicyclic amines) is 1. The predicted molar refractivity (Wildman–Crippen MR) is 76.4 cm³/mol. The molecule has 2 aliphatic carbocycles. The zero-order valence-corrected chi connectivity index (χ0v) is 12.3. The monoisotopic (exact) mass is 250 g/mol. The summed E-state index contributed by atoms with van der Waals surface area (Å²) in [5.41, 5.74) is 7.13. The van der Waals surface area contributed by atoms with E-state index >= 15 is 0 Å². The van der Waals surface area contributed by atoms with Gasteiger partial charge < -0.3 is 5.73 Å². The molecule has 18 heavy (non-hydrogen) atoms. The fourth-order valence-electron chi connectivity index (χ4n) is 4.66. The van der Waals surface area contributed by atoms with E-state index < -0.39 is 0 Å². The van der Waals surface area contributed by atoms with Crippen molar-refractivity contribution < 1.29 is 0 Å². The number of rotatable bonds is 2. The zero-order valence-electron chi connectivity index (χ0n) is 12.3. The molecule has 0 spiro atoms. The highest BCUT2D eigenvalue weighted by Gasteiger charge is 2.47. The van der Waals surface area contributed by atoms with Crippen molar-refractivity contribution in [1.82, 2.24) is 4.90 Å². The highest BCUT2D eigenvalue weighted by atomic mass is 15.2. The summed E-state index contributed by atoms with van der Waals surface area (Å²) in [7, 11) is 0. The summed E-state index contributed by atoms with van der Waals surface area (Å²) >= 11 is 0. The van der Waals surface area contributed by atoms with Gasteiger partial charge in [-0.05, 0) is 55.8 Å². The molecular weight excluding hydrogens is 220 g/mol. The van der Waals surface area contributed by atoms with Crippen LogP contribution in [0.2, 0.25) is 0 Å². The zero-order chi connectivity index (χ0) is 12.8. The molecule has 0 amide bonds. The summed E-state index contributed by atoms with van der Waals surface area (Å²) in [4.78, 5) is 2.80. The molecule has 2 N–H and O–H groups in total. The molecule has 2 nitrogen and oxygen atoms in total. The van der Waals surface area contributed by atoms with E-state index in [-0.39, 0.29) is 0 Å². The van der Waals surface area contributed by atoms with E-state index in [1.165, 1.54) is 58.0 Å². The molecule has 0 aromatic carbocycles. The SMILES string of the molecule is CC1(C)CCC(CN)(N2CC3CCCC3C2)CC1. The van der Waals surface area contributed by atoms with Gasteiger partial charge in [0.1, 0.15) is 0 Å². The van der Waals surface area contributed by atoms with Crippen LogP contribution in [0.15, 0.2) is 0 Å². The van der Waals surface area contributed by atoms with Gasteiger partial charge in [0, 0.05) is 25.2 Å². The van der Waals surface area contributed by atoms with Crippen LogP contribution in [0.3, 0.4) is 0 Å². The largest absolute Gasteiger partial charge is 0.329 e. The molecule has 2 unspecified atom stereocenters. The second-order valence-corrected chi connectivity index (χ2v) is 7.95. The smallest absolute Gasteiger partial charge is 0.0332 e. The molecule has 1 aliphatic heterocycles. The Morgan fingerprint density at radius 2 is 1.56 bits per heavy atom. The summed E-state index contributed by atoms with van der Waals surface area (Å²) in [6, 6.07) is 0. The van der Waals surface area contributed by atoms with Crippen molar-refractivity contribution in [3.05, 3.63) is 0 Å². The van der Waals surface area contributed by atoms with Gasteiger partial charge in [-0.1, -0.05) is 20.3 Å². The van der Waals surface area contributed by atoms with Crippen molar-refractivity contribution in [1.29, 1.82) is 0 Å². The number of fused-ring (bicyclic) bond motifs is 1. The van der Waals surface area contributed by atoms with Gasteiger partial charge in [0.15, 0.2) is 0 Å². The maximum atomic E-state index is 6.22. The minimum absolute atomic E-state index is 0.361. The number of hydrogen-bond acceptors (Lipinski definition) is 2. The third-order valence-corrected chi connectivity index (χ3v) is 6.31. The Bertz CT molecular complexity index is 288. The van der Waals surface area contributed by atoms with E-state index in [1.54, 1.807) is 0 Å². The fourth-order valence-corrected chi connectivity index (χ4v) is 4.66. The summed E-state index contributed by atoms with van der Waals surface area (Å²) in [6.45, 7) is 8.42. The molecule has 2 saturated carbocycles. The normalized spacial score (nSPS) is 38.8. The average molecular weight is 250 g/mol. The van der Waals surface area contributed by atoms with E-state index in [4.69, 9.17) is 5.73 Å². The van der Waals surface area contributed by atoms with Crippen molar-refractivity contribution in [2.24, 2.45) is 23.0 Å². The molecule has 2 atom stereocenters. The van der Waals surface area contributed by atoms with E-state index in [0.717, 1.165) is 18.4 Å². The maximum Gasteiger partial charge on any atom is 0.0332 e. The molecule has 3 fully saturated rings. The first-order chi connectivity index (χ1) is 8.55. The highest BCUT2D eigenvalue weighted by molar-refractivity contribution is 5.02. The Hall–Kier alpha value is -0.0800. The Labute approximate surface area is 112 Å². The van der Waals surface area contributed by atoms with Gasteiger partial charge >= 0.3 is 0 Å². The third kappa shape index (κ3) is 2.12. The molecule has 2 heteroatoms. The molecule has 1 saturated heterocycles. The lowest BCUT2D eigenvalue weighted by molar-refractivity contribution is 0.0343. The lowest BCUT2D eigenvalue weighted by Crippen LogP contribution is -2.56. The molecular formula is C16H30N2. The first-order valence-corrected chi connectivity index (χ1v) is 8.00. The van der Waals surface area contributed by atoms with Crippen LogP contribution in [0.25, 0.3) is 0 Å². The molecule has 3 rings (SSSR count). The van der Waals surface area contributed by atoms with E-state index in [9.17, 15) is 0 Å². The topological polar surface area (TPSA) is 29.3 Å². The number of nitrogens with zero attached hydrogens (tertiary/aromatic N) is 1. The van der Waals surface area contributed by atoms with E-state index in [2.05, 4.69) is 18.7 Å². The number of nitrogens with two attached hydrogens (primary N) is 1. The maximum absolute atomic E-state index is 6.22. The van der Waals surface area contributed by atoms with Crippen molar-refractivity contribution in [3.63, 3.8) is 0 Å². The van der Waals surface area contributed by atoms with Crippen LogP contribution < -0.4 is 5.73 Å². The van der Waals surface area contributed by atoms with Crippen molar-refractivity contribution >= 4 is 0 Å². The first kappa shape index (κ1) is 12.9. The Balaban J connectivity index is 1.69. The lowest BCUT2D eigenvalue weighted by Gasteiger charge is -2.48. The molecule has 0 radical (unpaired) electrons. The van der Waals surface area contributed by atoms with Crippen LogP contribution >= 0.6 is 0 Å². The van der Waals surface area contributed by atoms with Gasteiger partial charge in [-0.2, -0.15) is 0 Å². The van der Waals surface area contributed by atoms with Crippen LogP contribution in [0, 0.1) is 17.3 Å². The molecule has 1 heterocycles. The van der Waals surface area contributed by atoms with Crippen LogP contribution in [0.1, 0.15) is 58.8 Å². The Kier molecular flexibility index (Phi) is 3.22. The van der Waals surface area contributed by atoms with Crippen molar-refractivity contribution in [2.75, 3.05) is 19.6 Å². The predicted octanol–water partition coefficient (Wildman–Crippen LogP) is 3.02. The van der Waals surface area contributed by atoms with Gasteiger partial charge in [0.25, 0.3) is 0 Å². The highest BCUT2D eigenvalue weighted by Crippen LogP contribution is 2.47. The quantitative estimate of drug-likeness (QED) is 0.816. The molecule has 104 valence electrons. The van der Waals surface area contributed by atoms with Gasteiger partial charge in [-0.3, -0.25) is 4.90 Å². The average Bonchev–Trinajstić information content (AvgIpc) is 2.90. The van der Waals surface area contributed by atoms with Crippen LogP contribution in [0.5, 0.6) is 0 Å². The minimum Gasteiger partial charge on any atom is -0.329 e. The fraction of sp³-hybridized carbons (Fsp3) is 1.00. The van der Waals surface area contributed by atoms with Crippen molar-refractivity contribution in [3.8, 4) is 0 Å².